The molecule has 0 aromatic heterocycles. The van der Waals surface area contributed by atoms with Crippen LogP contribution in [0.2, 0.25) is 10.0 Å². The van der Waals surface area contributed by atoms with Gasteiger partial charge in [-0.25, -0.2) is 4.79 Å². The highest BCUT2D eigenvalue weighted by atomic mass is 35.5. The summed E-state index contributed by atoms with van der Waals surface area (Å²) in [6, 6.07) is 4.89. The molecule has 1 aromatic carbocycles. The molecule has 0 bridgehead atoms. The lowest BCUT2D eigenvalue weighted by atomic mass is 10.0. The molecule has 1 rings (SSSR count). The van der Waals surface area contributed by atoms with Crippen molar-refractivity contribution < 1.29 is 24.9 Å². The Hall–Kier alpha value is -0.950. The predicted molar refractivity (Wildman–Crippen MR) is 77.5 cm³/mol. The van der Waals surface area contributed by atoms with Gasteiger partial charge in [0.05, 0.1) is 6.42 Å². The summed E-state index contributed by atoms with van der Waals surface area (Å²) < 4.78 is 0. The van der Waals surface area contributed by atoms with Gasteiger partial charge in [-0.2, -0.15) is 11.8 Å². The Labute approximate surface area is 129 Å². The van der Waals surface area contributed by atoms with E-state index < -0.39 is 24.0 Å². The number of hydrogen-bond donors (Lipinski definition) is 3. The molecule has 20 heavy (non-hydrogen) atoms. The lowest BCUT2D eigenvalue weighted by molar-refractivity contribution is -0.162. The minimum atomic E-state index is -2.30. The van der Waals surface area contributed by atoms with Gasteiger partial charge in [-0.15, -0.1) is 0 Å². The summed E-state index contributed by atoms with van der Waals surface area (Å²) in [5, 5.41) is 28.2. The number of aliphatic carboxylic acids is 2. The van der Waals surface area contributed by atoms with Crippen molar-refractivity contribution in [3.63, 3.8) is 0 Å². The molecular formula is C12H12Cl2O5S. The van der Waals surface area contributed by atoms with Crippen molar-refractivity contribution in [2.24, 2.45) is 0 Å². The van der Waals surface area contributed by atoms with Crippen LogP contribution in [0.5, 0.6) is 0 Å². The van der Waals surface area contributed by atoms with Crippen molar-refractivity contribution in [3.05, 3.63) is 33.8 Å². The molecule has 0 heterocycles. The largest absolute Gasteiger partial charge is 0.481 e. The Bertz CT molecular complexity index is 523. The normalized spacial score (nSPS) is 13.8. The number of thioether (sulfide) groups is 1. The second-order valence-corrected chi connectivity index (χ2v) is 5.97. The lowest BCUT2D eigenvalue weighted by Gasteiger charge is -2.20. The van der Waals surface area contributed by atoms with E-state index in [1.54, 1.807) is 18.2 Å². The smallest absolute Gasteiger partial charge is 0.337 e. The molecule has 0 aliphatic heterocycles. The minimum absolute atomic E-state index is 0.256. The summed E-state index contributed by atoms with van der Waals surface area (Å²) in [6.07, 6.45) is -0.857. The van der Waals surface area contributed by atoms with Crippen LogP contribution < -0.4 is 0 Å². The zero-order valence-corrected chi connectivity index (χ0v) is 12.5. The first-order valence-corrected chi connectivity index (χ1v) is 7.35. The van der Waals surface area contributed by atoms with Gasteiger partial charge in [0.1, 0.15) is 0 Å². The second kappa shape index (κ2) is 7.17. The molecule has 5 nitrogen and oxygen atoms in total. The Morgan fingerprint density at radius 2 is 1.90 bits per heavy atom. The molecule has 110 valence electrons. The molecule has 3 N–H and O–H groups in total. The minimum Gasteiger partial charge on any atom is -0.481 e. The molecule has 0 fully saturated rings. The van der Waals surface area contributed by atoms with Crippen LogP contribution in [0.25, 0.3) is 0 Å². The van der Waals surface area contributed by atoms with Crippen molar-refractivity contribution in [1.29, 1.82) is 0 Å². The molecule has 0 spiro atoms. The van der Waals surface area contributed by atoms with Gasteiger partial charge in [0.25, 0.3) is 0 Å². The van der Waals surface area contributed by atoms with E-state index in [1.807, 2.05) is 0 Å². The Morgan fingerprint density at radius 1 is 1.25 bits per heavy atom. The Morgan fingerprint density at radius 3 is 2.40 bits per heavy atom. The third-order valence-electron chi connectivity index (χ3n) is 2.46. The molecule has 0 radical (unpaired) electrons. The van der Waals surface area contributed by atoms with Gasteiger partial charge >= 0.3 is 11.9 Å². The average molecular weight is 339 g/mol. The van der Waals surface area contributed by atoms with Gasteiger partial charge in [0.2, 0.25) is 0 Å². The first kappa shape index (κ1) is 17.1. The van der Waals surface area contributed by atoms with Crippen LogP contribution in [-0.4, -0.2) is 38.6 Å². The van der Waals surface area contributed by atoms with Gasteiger partial charge in [-0.3, -0.25) is 4.79 Å². The molecule has 0 unspecified atom stereocenters. The lowest BCUT2D eigenvalue weighted by Crippen LogP contribution is -2.43. The zero-order valence-electron chi connectivity index (χ0n) is 10.2. The van der Waals surface area contributed by atoms with Crippen LogP contribution in [0.1, 0.15) is 12.0 Å². The second-order valence-electron chi connectivity index (χ2n) is 4.14. The first-order chi connectivity index (χ1) is 9.24. The number of benzene rings is 1. The van der Waals surface area contributed by atoms with Gasteiger partial charge in [0.15, 0.2) is 5.60 Å². The maximum atomic E-state index is 10.9. The van der Waals surface area contributed by atoms with E-state index in [0.717, 1.165) is 17.3 Å². The maximum Gasteiger partial charge on any atom is 0.337 e. The molecule has 8 heteroatoms. The van der Waals surface area contributed by atoms with E-state index in [1.165, 1.54) is 0 Å². The van der Waals surface area contributed by atoms with E-state index in [2.05, 4.69) is 0 Å². The molecule has 1 atom stereocenters. The van der Waals surface area contributed by atoms with E-state index in [0.29, 0.717) is 15.8 Å². The van der Waals surface area contributed by atoms with E-state index in [4.69, 9.17) is 33.4 Å². The monoisotopic (exact) mass is 338 g/mol. The molecule has 0 saturated heterocycles. The third-order valence-corrected chi connectivity index (χ3v) is 4.24. The Balaban J connectivity index is 2.65. The van der Waals surface area contributed by atoms with Gasteiger partial charge in [-0.05, 0) is 17.7 Å². The summed E-state index contributed by atoms with van der Waals surface area (Å²) in [4.78, 5) is 21.5. The van der Waals surface area contributed by atoms with E-state index in [-0.39, 0.29) is 5.75 Å². The molecule has 0 saturated carbocycles. The summed E-state index contributed by atoms with van der Waals surface area (Å²) in [7, 11) is 0. The SMILES string of the molecule is O=C(O)C[C@](O)(CSCc1ccc(Cl)cc1Cl)C(=O)O. The summed E-state index contributed by atoms with van der Waals surface area (Å²) in [5.74, 6) is -2.85. The fraction of sp³-hybridized carbons (Fsp3) is 0.333. The van der Waals surface area contributed by atoms with E-state index >= 15 is 0 Å². The van der Waals surface area contributed by atoms with Crippen LogP contribution in [-0.2, 0) is 15.3 Å². The number of aliphatic hydroxyl groups is 1. The molecular weight excluding hydrogens is 327 g/mol. The molecule has 0 aliphatic carbocycles. The summed E-state index contributed by atoms with van der Waals surface area (Å²) >= 11 is 12.8. The number of hydrogen-bond acceptors (Lipinski definition) is 4. The molecule has 0 aliphatic rings. The van der Waals surface area contributed by atoms with Crippen LogP contribution in [0.4, 0.5) is 0 Å². The van der Waals surface area contributed by atoms with Crippen LogP contribution in [0.15, 0.2) is 18.2 Å². The van der Waals surface area contributed by atoms with Crippen molar-refractivity contribution in [2.45, 2.75) is 17.8 Å². The number of rotatable bonds is 7. The van der Waals surface area contributed by atoms with Crippen molar-refractivity contribution in [2.75, 3.05) is 5.75 Å². The Kier molecular flexibility index (Phi) is 6.13. The highest BCUT2D eigenvalue weighted by Gasteiger charge is 2.38. The molecule has 1 aromatic rings. The number of carboxylic acids is 2. The quantitative estimate of drug-likeness (QED) is 0.707. The maximum absolute atomic E-state index is 10.9. The average Bonchev–Trinajstić information content (AvgIpc) is 2.30. The zero-order chi connectivity index (χ0) is 15.3. The van der Waals surface area contributed by atoms with Crippen molar-refractivity contribution in [3.8, 4) is 0 Å². The van der Waals surface area contributed by atoms with E-state index in [9.17, 15) is 14.7 Å². The number of carboxylic acid groups (broad SMARTS) is 2. The summed E-state index contributed by atoms with van der Waals surface area (Å²) in [6.45, 7) is 0. The fourth-order valence-electron chi connectivity index (χ4n) is 1.41. The summed E-state index contributed by atoms with van der Waals surface area (Å²) in [5.41, 5.74) is -1.57. The third kappa shape index (κ3) is 4.86. The standard InChI is InChI=1S/C12H12Cl2O5S/c13-8-2-1-7(9(14)3-8)5-20-6-12(19,11(17)18)4-10(15)16/h1-3,19H,4-6H2,(H,15,16)(H,17,18)/t12-/m0/s1. The fourth-order valence-corrected chi connectivity index (χ4v) is 3.10. The van der Waals surface area contributed by atoms with Crippen LogP contribution in [0.3, 0.4) is 0 Å². The van der Waals surface area contributed by atoms with Gasteiger partial charge in [-0.1, -0.05) is 29.3 Å². The number of halogens is 2. The van der Waals surface area contributed by atoms with Crippen LogP contribution in [0, 0.1) is 0 Å². The molecule has 0 amide bonds. The van der Waals surface area contributed by atoms with Gasteiger partial charge in [0, 0.05) is 21.6 Å². The topological polar surface area (TPSA) is 94.8 Å². The van der Waals surface area contributed by atoms with Crippen molar-refractivity contribution in [1.82, 2.24) is 0 Å². The predicted octanol–water partition coefficient (Wildman–Crippen LogP) is 2.52. The van der Waals surface area contributed by atoms with Crippen molar-refractivity contribution >= 4 is 46.9 Å². The first-order valence-electron chi connectivity index (χ1n) is 5.44. The van der Waals surface area contributed by atoms with Crippen LogP contribution >= 0.6 is 35.0 Å². The van der Waals surface area contributed by atoms with Gasteiger partial charge < -0.3 is 15.3 Å². The number of carbonyl (C=O) groups is 2. The highest BCUT2D eigenvalue weighted by Crippen LogP contribution is 2.27. The highest BCUT2D eigenvalue weighted by molar-refractivity contribution is 7.98.